The van der Waals surface area contributed by atoms with Gasteiger partial charge in [-0.2, -0.15) is 0 Å². The first kappa shape index (κ1) is 21.0. The Kier molecular flexibility index (Phi) is 5.87. The van der Waals surface area contributed by atoms with Gasteiger partial charge in [-0.1, -0.05) is 17.7 Å². The third-order valence-corrected chi connectivity index (χ3v) is 6.20. The fourth-order valence-corrected chi connectivity index (χ4v) is 4.45. The van der Waals surface area contributed by atoms with Gasteiger partial charge in [0.25, 0.3) is 0 Å². The van der Waals surface area contributed by atoms with E-state index in [9.17, 15) is 4.39 Å². The van der Waals surface area contributed by atoms with Gasteiger partial charge in [0.1, 0.15) is 5.82 Å². The van der Waals surface area contributed by atoms with E-state index in [0.29, 0.717) is 29.4 Å². The van der Waals surface area contributed by atoms with Crippen LogP contribution in [0.15, 0.2) is 53.7 Å². The molecule has 1 fully saturated rings. The lowest BCUT2D eigenvalue weighted by atomic mass is 9.99. The molecule has 6 nitrogen and oxygen atoms in total. The fraction of sp³-hybridized carbons (Fsp3) is 0.292. The highest BCUT2D eigenvalue weighted by atomic mass is 35.5. The number of piperazine rings is 1. The number of allylic oxidation sites excluding steroid dienone is 1. The van der Waals surface area contributed by atoms with Crippen molar-refractivity contribution in [3.63, 3.8) is 0 Å². The van der Waals surface area contributed by atoms with Crippen LogP contribution in [0.5, 0.6) is 0 Å². The molecule has 0 saturated carbocycles. The Balaban J connectivity index is 1.43. The van der Waals surface area contributed by atoms with Crippen molar-refractivity contribution in [2.75, 3.05) is 50.7 Å². The monoisotopic (exact) mass is 450 g/mol. The van der Waals surface area contributed by atoms with Crippen LogP contribution in [0.25, 0.3) is 16.6 Å². The molecule has 2 aliphatic heterocycles. The average Bonchev–Trinajstić information content (AvgIpc) is 3.30. The summed E-state index contributed by atoms with van der Waals surface area (Å²) >= 11 is 6.11. The predicted octanol–water partition coefficient (Wildman–Crippen LogP) is 3.39. The molecule has 0 aliphatic carbocycles. The van der Waals surface area contributed by atoms with Gasteiger partial charge >= 0.3 is 0 Å². The zero-order valence-corrected chi connectivity index (χ0v) is 18.4. The minimum atomic E-state index is -0.348. The smallest absolute Gasteiger partial charge is 0.132 e. The highest BCUT2D eigenvalue weighted by molar-refractivity contribution is 6.35. The molecule has 0 radical (unpaired) electrons. The van der Waals surface area contributed by atoms with Crippen LogP contribution in [0, 0.1) is 5.82 Å². The second kappa shape index (κ2) is 8.94. The number of hydrogen-bond donors (Lipinski definition) is 1. The van der Waals surface area contributed by atoms with Gasteiger partial charge in [0.2, 0.25) is 0 Å². The number of aromatic nitrogens is 2. The Bertz CT molecular complexity index is 1220. The number of halogens is 2. The van der Waals surface area contributed by atoms with Crippen molar-refractivity contribution >= 4 is 39.6 Å². The van der Waals surface area contributed by atoms with E-state index < -0.39 is 0 Å². The third kappa shape index (κ3) is 4.11. The zero-order valence-electron chi connectivity index (χ0n) is 17.6. The maximum atomic E-state index is 14.5. The second-order valence-electron chi connectivity index (χ2n) is 7.98. The molecule has 2 aliphatic rings. The summed E-state index contributed by atoms with van der Waals surface area (Å²) < 4.78 is 14.5. The number of anilines is 1. The summed E-state index contributed by atoms with van der Waals surface area (Å²) in [6.07, 6.45) is 3.88. The van der Waals surface area contributed by atoms with Crippen molar-refractivity contribution in [3.05, 3.63) is 70.8 Å². The van der Waals surface area contributed by atoms with Crippen molar-refractivity contribution < 1.29 is 4.39 Å². The Morgan fingerprint density at radius 3 is 2.69 bits per heavy atom. The molecule has 1 saturated heterocycles. The van der Waals surface area contributed by atoms with Gasteiger partial charge in [0, 0.05) is 55.4 Å². The summed E-state index contributed by atoms with van der Waals surface area (Å²) in [5, 5.41) is 0.474. The van der Waals surface area contributed by atoms with E-state index in [4.69, 9.17) is 22.3 Å². The Morgan fingerprint density at radius 2 is 1.88 bits per heavy atom. The van der Waals surface area contributed by atoms with Gasteiger partial charge in [-0.3, -0.25) is 14.9 Å². The van der Waals surface area contributed by atoms with E-state index in [1.165, 1.54) is 12.1 Å². The number of aliphatic imine (C=N–C) groups is 1. The van der Waals surface area contributed by atoms with Gasteiger partial charge in [0.05, 0.1) is 40.9 Å². The highest BCUT2D eigenvalue weighted by Gasteiger charge is 2.21. The quantitative estimate of drug-likeness (QED) is 0.645. The number of nitrogens with zero attached hydrogens (tertiary/aromatic N) is 5. The molecule has 2 N–H and O–H groups in total. The maximum Gasteiger partial charge on any atom is 0.132 e. The number of fused-ring (bicyclic) bond motifs is 1. The Labute approximate surface area is 191 Å². The third-order valence-electron chi connectivity index (χ3n) is 5.97. The van der Waals surface area contributed by atoms with Crippen LogP contribution in [-0.4, -0.2) is 66.4 Å². The van der Waals surface area contributed by atoms with Crippen LogP contribution in [0.2, 0.25) is 5.02 Å². The van der Waals surface area contributed by atoms with E-state index >= 15 is 0 Å². The molecule has 5 rings (SSSR count). The Hall–Kier alpha value is -2.87. The highest BCUT2D eigenvalue weighted by Crippen LogP contribution is 2.28. The van der Waals surface area contributed by atoms with Crippen molar-refractivity contribution in [2.45, 2.75) is 0 Å². The largest absolute Gasteiger partial charge is 0.368 e. The SMILES string of the molecule is NCCN1CCN(c2cnc3ccc(C4=CCN=C4c4cc(Cl)ccc4F)nc3c2)CC1. The van der Waals surface area contributed by atoms with E-state index in [-0.39, 0.29) is 5.82 Å². The van der Waals surface area contributed by atoms with E-state index in [1.54, 1.807) is 6.07 Å². The molecule has 164 valence electrons. The predicted molar refractivity (Wildman–Crippen MR) is 128 cm³/mol. The summed E-state index contributed by atoms with van der Waals surface area (Å²) in [5.41, 5.74) is 10.9. The topological polar surface area (TPSA) is 70.6 Å². The Morgan fingerprint density at radius 1 is 1.03 bits per heavy atom. The second-order valence-corrected chi connectivity index (χ2v) is 8.41. The molecule has 0 amide bonds. The molecule has 1 aromatic carbocycles. The number of pyridine rings is 2. The molecule has 8 heteroatoms. The molecular weight excluding hydrogens is 427 g/mol. The van der Waals surface area contributed by atoms with Gasteiger partial charge in [-0.25, -0.2) is 9.37 Å². The summed E-state index contributed by atoms with van der Waals surface area (Å²) in [6, 6.07) is 10.5. The van der Waals surface area contributed by atoms with Crippen LogP contribution in [-0.2, 0) is 0 Å². The average molecular weight is 451 g/mol. The molecule has 0 spiro atoms. The minimum absolute atomic E-state index is 0.348. The summed E-state index contributed by atoms with van der Waals surface area (Å²) in [5.74, 6) is -0.348. The summed E-state index contributed by atoms with van der Waals surface area (Å²) in [7, 11) is 0. The van der Waals surface area contributed by atoms with Crippen LogP contribution in [0.1, 0.15) is 11.3 Å². The summed E-state index contributed by atoms with van der Waals surface area (Å²) in [4.78, 5) is 18.7. The van der Waals surface area contributed by atoms with Gasteiger partial charge in [-0.15, -0.1) is 0 Å². The van der Waals surface area contributed by atoms with Crippen molar-refractivity contribution in [3.8, 4) is 0 Å². The molecule has 4 heterocycles. The normalized spacial score (nSPS) is 17.0. The van der Waals surface area contributed by atoms with Gasteiger partial charge in [-0.05, 0) is 36.4 Å². The first-order chi connectivity index (χ1) is 15.6. The van der Waals surface area contributed by atoms with Crippen LogP contribution in [0.4, 0.5) is 10.1 Å². The lowest BCUT2D eigenvalue weighted by molar-refractivity contribution is 0.265. The van der Waals surface area contributed by atoms with Gasteiger partial charge in [0.15, 0.2) is 0 Å². The standard InChI is InChI=1S/C24H24ClFN6/c25-16-1-2-20(26)19(13-16)24-18(5-7-28-24)21-3-4-22-23(30-21)14-17(15-29-22)32-11-9-31(8-6-27)10-12-32/h1-5,13-15H,6-12,27H2. The first-order valence-electron chi connectivity index (χ1n) is 10.8. The van der Waals surface area contributed by atoms with E-state index in [0.717, 1.165) is 60.7 Å². The molecule has 0 atom stereocenters. The number of benzene rings is 1. The molecule has 32 heavy (non-hydrogen) atoms. The number of hydrogen-bond acceptors (Lipinski definition) is 6. The fourth-order valence-electron chi connectivity index (χ4n) is 4.28. The van der Waals surface area contributed by atoms with E-state index in [1.807, 2.05) is 24.4 Å². The maximum absolute atomic E-state index is 14.5. The molecule has 0 unspecified atom stereocenters. The van der Waals surface area contributed by atoms with Crippen LogP contribution < -0.4 is 10.6 Å². The summed E-state index contributed by atoms with van der Waals surface area (Å²) in [6.45, 7) is 5.94. The number of nitrogens with two attached hydrogens (primary N) is 1. The lowest BCUT2D eigenvalue weighted by Crippen LogP contribution is -2.47. The van der Waals surface area contributed by atoms with Crippen molar-refractivity contribution in [1.29, 1.82) is 0 Å². The number of rotatable bonds is 5. The van der Waals surface area contributed by atoms with E-state index in [2.05, 4.69) is 25.8 Å². The lowest BCUT2D eigenvalue weighted by Gasteiger charge is -2.35. The molecule has 2 aromatic heterocycles. The van der Waals surface area contributed by atoms with Crippen LogP contribution in [0.3, 0.4) is 0 Å². The van der Waals surface area contributed by atoms with Gasteiger partial charge < -0.3 is 10.6 Å². The van der Waals surface area contributed by atoms with Crippen molar-refractivity contribution in [1.82, 2.24) is 14.9 Å². The van der Waals surface area contributed by atoms with Crippen molar-refractivity contribution in [2.24, 2.45) is 10.7 Å². The first-order valence-corrected chi connectivity index (χ1v) is 11.1. The molecule has 3 aromatic rings. The molecular formula is C24H24ClFN6. The molecule has 0 bridgehead atoms. The van der Waals surface area contributed by atoms with Crippen LogP contribution >= 0.6 is 11.6 Å². The minimum Gasteiger partial charge on any atom is -0.368 e. The zero-order chi connectivity index (χ0) is 22.1.